The monoisotopic (exact) mass is 466 g/mol. The van der Waals surface area contributed by atoms with E-state index in [2.05, 4.69) is 10.0 Å². The number of halogens is 1. The number of anilines is 1. The van der Waals surface area contributed by atoms with Crippen molar-refractivity contribution in [3.05, 3.63) is 47.0 Å². The maximum atomic E-state index is 13.1. The van der Waals surface area contributed by atoms with Gasteiger partial charge in [-0.2, -0.15) is 0 Å². The summed E-state index contributed by atoms with van der Waals surface area (Å²) in [4.78, 5) is 12.8. The third-order valence-electron chi connectivity index (χ3n) is 5.54. The number of carbonyl (C=O) groups excluding carboxylic acids is 1. The van der Waals surface area contributed by atoms with Crippen LogP contribution in [0.3, 0.4) is 0 Å². The summed E-state index contributed by atoms with van der Waals surface area (Å²) in [6, 6.07) is 9.00. The van der Waals surface area contributed by atoms with Crippen LogP contribution < -0.4 is 19.5 Å². The molecule has 168 valence electrons. The first kappa shape index (κ1) is 23.4. The summed E-state index contributed by atoms with van der Waals surface area (Å²) in [6.45, 7) is 2.05. The SMILES string of the molecule is COc1ccc(Cl)cc1NC(=O)c1ccc(OC)c(S(=O)(=O)NC2CCCCC2C)c1. The molecule has 0 saturated heterocycles. The molecule has 31 heavy (non-hydrogen) atoms. The standard InChI is InChI=1S/C22H27ClN2O5S/c1-14-6-4-5-7-17(14)25-31(27,28)21-12-15(8-10-20(21)30-3)22(26)24-18-13-16(23)9-11-19(18)29-2/h8-14,17,25H,4-7H2,1-3H3,(H,24,26). The van der Waals surface area contributed by atoms with Crippen molar-refractivity contribution in [1.29, 1.82) is 0 Å². The lowest BCUT2D eigenvalue weighted by Gasteiger charge is -2.29. The van der Waals surface area contributed by atoms with Crippen molar-refractivity contribution >= 4 is 33.2 Å². The molecule has 2 aromatic carbocycles. The Balaban J connectivity index is 1.89. The summed E-state index contributed by atoms with van der Waals surface area (Å²) in [5.41, 5.74) is 0.550. The molecule has 2 unspecified atom stereocenters. The number of methoxy groups -OCH3 is 2. The molecule has 7 nitrogen and oxygen atoms in total. The molecular formula is C22H27ClN2O5S. The Labute approximate surface area is 188 Å². The van der Waals surface area contributed by atoms with Crippen LogP contribution in [-0.4, -0.2) is 34.6 Å². The maximum absolute atomic E-state index is 13.1. The van der Waals surface area contributed by atoms with Gasteiger partial charge in [-0.05, 0) is 55.2 Å². The van der Waals surface area contributed by atoms with E-state index >= 15 is 0 Å². The van der Waals surface area contributed by atoms with Gasteiger partial charge in [0.1, 0.15) is 16.4 Å². The van der Waals surface area contributed by atoms with Crippen molar-refractivity contribution in [3.8, 4) is 11.5 Å². The summed E-state index contributed by atoms with van der Waals surface area (Å²) in [5.74, 6) is 0.363. The summed E-state index contributed by atoms with van der Waals surface area (Å²) in [5, 5.41) is 3.15. The molecule has 0 heterocycles. The summed E-state index contributed by atoms with van der Waals surface area (Å²) >= 11 is 6.02. The Kier molecular flexibility index (Phi) is 7.46. The van der Waals surface area contributed by atoms with Crippen LogP contribution in [-0.2, 0) is 10.0 Å². The molecule has 1 saturated carbocycles. The molecule has 2 N–H and O–H groups in total. The van der Waals surface area contributed by atoms with E-state index in [1.165, 1.54) is 32.4 Å². The fraction of sp³-hybridized carbons (Fsp3) is 0.409. The Morgan fingerprint density at radius 1 is 1.03 bits per heavy atom. The topological polar surface area (TPSA) is 93.7 Å². The van der Waals surface area contributed by atoms with E-state index < -0.39 is 15.9 Å². The number of hydrogen-bond acceptors (Lipinski definition) is 5. The molecule has 2 aromatic rings. The van der Waals surface area contributed by atoms with Gasteiger partial charge in [0.15, 0.2) is 0 Å². The highest BCUT2D eigenvalue weighted by Gasteiger charge is 2.29. The number of amides is 1. The Hall–Kier alpha value is -2.29. The first-order valence-corrected chi connectivity index (χ1v) is 12.0. The molecule has 0 aliphatic heterocycles. The minimum Gasteiger partial charge on any atom is -0.495 e. The van der Waals surface area contributed by atoms with Crippen molar-refractivity contribution in [3.63, 3.8) is 0 Å². The molecule has 3 rings (SSSR count). The van der Waals surface area contributed by atoms with Crippen LogP contribution in [0, 0.1) is 5.92 Å². The minimum absolute atomic E-state index is 0.0708. The minimum atomic E-state index is -3.88. The van der Waals surface area contributed by atoms with Gasteiger partial charge in [-0.3, -0.25) is 4.79 Å². The van der Waals surface area contributed by atoms with Crippen molar-refractivity contribution in [1.82, 2.24) is 4.72 Å². The molecule has 9 heteroatoms. The lowest BCUT2D eigenvalue weighted by atomic mass is 9.87. The molecule has 1 aliphatic rings. The molecule has 1 amide bonds. The van der Waals surface area contributed by atoms with Crippen LogP contribution in [0.4, 0.5) is 5.69 Å². The van der Waals surface area contributed by atoms with Crippen LogP contribution in [0.5, 0.6) is 11.5 Å². The molecule has 0 bridgehead atoms. The van der Waals surface area contributed by atoms with Gasteiger partial charge in [0.2, 0.25) is 10.0 Å². The van der Waals surface area contributed by atoms with Crippen LogP contribution in [0.15, 0.2) is 41.3 Å². The highest BCUT2D eigenvalue weighted by Crippen LogP contribution is 2.31. The zero-order valence-corrected chi connectivity index (χ0v) is 19.3. The van der Waals surface area contributed by atoms with Crippen molar-refractivity contribution in [2.24, 2.45) is 5.92 Å². The quantitative estimate of drug-likeness (QED) is 0.628. The van der Waals surface area contributed by atoms with E-state index in [4.69, 9.17) is 21.1 Å². The van der Waals surface area contributed by atoms with Crippen LogP contribution in [0.1, 0.15) is 43.0 Å². The number of hydrogen-bond donors (Lipinski definition) is 2. The second-order valence-electron chi connectivity index (χ2n) is 7.65. The predicted octanol–water partition coefficient (Wildman–Crippen LogP) is 4.47. The molecule has 1 aliphatic carbocycles. The van der Waals surface area contributed by atoms with Gasteiger partial charge in [-0.1, -0.05) is 31.4 Å². The molecule has 1 fully saturated rings. The highest BCUT2D eigenvalue weighted by atomic mass is 35.5. The lowest BCUT2D eigenvalue weighted by Crippen LogP contribution is -2.41. The zero-order chi connectivity index (χ0) is 22.6. The second-order valence-corrected chi connectivity index (χ2v) is 9.77. The number of benzene rings is 2. The lowest BCUT2D eigenvalue weighted by molar-refractivity contribution is 0.102. The fourth-order valence-electron chi connectivity index (χ4n) is 3.75. The molecule has 2 atom stereocenters. The Bertz CT molecular complexity index is 1060. The van der Waals surface area contributed by atoms with Gasteiger partial charge in [-0.25, -0.2) is 13.1 Å². The number of sulfonamides is 1. The van der Waals surface area contributed by atoms with Crippen molar-refractivity contribution < 1.29 is 22.7 Å². The zero-order valence-electron chi connectivity index (χ0n) is 17.8. The van der Waals surface area contributed by atoms with Crippen molar-refractivity contribution in [2.75, 3.05) is 19.5 Å². The Morgan fingerprint density at radius 3 is 2.39 bits per heavy atom. The average Bonchev–Trinajstić information content (AvgIpc) is 2.75. The highest BCUT2D eigenvalue weighted by molar-refractivity contribution is 7.89. The summed E-state index contributed by atoms with van der Waals surface area (Å²) in [6.07, 6.45) is 3.86. The summed E-state index contributed by atoms with van der Waals surface area (Å²) in [7, 11) is -1.01. The van der Waals surface area contributed by atoms with Gasteiger partial charge in [0, 0.05) is 16.6 Å². The van der Waals surface area contributed by atoms with Crippen LogP contribution in [0.2, 0.25) is 5.02 Å². The van der Waals surface area contributed by atoms with E-state index in [1.54, 1.807) is 18.2 Å². The molecular weight excluding hydrogens is 440 g/mol. The predicted molar refractivity (Wildman–Crippen MR) is 121 cm³/mol. The normalized spacial score (nSPS) is 19.0. The van der Waals surface area contributed by atoms with Crippen LogP contribution >= 0.6 is 11.6 Å². The summed E-state index contributed by atoms with van der Waals surface area (Å²) < 4.78 is 39.6. The van der Waals surface area contributed by atoms with E-state index in [0.29, 0.717) is 16.5 Å². The Morgan fingerprint density at radius 2 is 1.71 bits per heavy atom. The van der Waals surface area contributed by atoms with Gasteiger partial charge in [0.25, 0.3) is 5.91 Å². The fourth-order valence-corrected chi connectivity index (χ4v) is 5.50. The number of nitrogens with one attached hydrogen (secondary N) is 2. The van der Waals surface area contributed by atoms with Gasteiger partial charge in [0.05, 0.1) is 19.9 Å². The second kappa shape index (κ2) is 9.89. The van der Waals surface area contributed by atoms with E-state index in [0.717, 1.165) is 25.7 Å². The van der Waals surface area contributed by atoms with Crippen LogP contribution in [0.25, 0.3) is 0 Å². The van der Waals surface area contributed by atoms with E-state index in [-0.39, 0.29) is 28.2 Å². The molecule has 0 radical (unpaired) electrons. The van der Waals surface area contributed by atoms with Gasteiger partial charge < -0.3 is 14.8 Å². The first-order chi connectivity index (χ1) is 14.7. The van der Waals surface area contributed by atoms with E-state index in [9.17, 15) is 13.2 Å². The average molecular weight is 467 g/mol. The first-order valence-electron chi connectivity index (χ1n) is 10.1. The van der Waals surface area contributed by atoms with Gasteiger partial charge in [-0.15, -0.1) is 0 Å². The van der Waals surface area contributed by atoms with E-state index in [1.807, 2.05) is 6.92 Å². The number of ether oxygens (including phenoxy) is 2. The van der Waals surface area contributed by atoms with Gasteiger partial charge >= 0.3 is 0 Å². The largest absolute Gasteiger partial charge is 0.495 e. The smallest absolute Gasteiger partial charge is 0.255 e. The molecule has 0 spiro atoms. The van der Waals surface area contributed by atoms with Crippen molar-refractivity contribution in [2.45, 2.75) is 43.5 Å². The molecule has 0 aromatic heterocycles. The maximum Gasteiger partial charge on any atom is 0.255 e. The number of carbonyl (C=O) groups is 1. The third-order valence-corrected chi connectivity index (χ3v) is 7.29. The number of rotatable bonds is 7. The third kappa shape index (κ3) is 5.50.